The lowest BCUT2D eigenvalue weighted by Gasteiger charge is -2.33. The Morgan fingerprint density at radius 1 is 1.27 bits per heavy atom. The highest BCUT2D eigenvalue weighted by Crippen LogP contribution is 2.32. The number of carbonyl (C=O) groups is 1. The smallest absolute Gasteiger partial charge is 0.275 e. The SMILES string of the molecule is CC(C)(C)c1cc(C(=O)N2CCCC[C@@H]2c2ncc(Cc3ccc(F)cc3)o2)n[nH]1. The normalized spacial score (nSPS) is 17.3. The van der Waals surface area contributed by atoms with Crippen LogP contribution in [0.25, 0.3) is 0 Å². The van der Waals surface area contributed by atoms with Gasteiger partial charge in [0.05, 0.1) is 6.20 Å². The zero-order valence-electron chi connectivity index (χ0n) is 17.6. The van der Waals surface area contributed by atoms with Gasteiger partial charge in [-0.2, -0.15) is 5.10 Å². The second kappa shape index (κ2) is 8.05. The topological polar surface area (TPSA) is 75.0 Å². The molecule has 30 heavy (non-hydrogen) atoms. The first-order valence-corrected chi connectivity index (χ1v) is 10.4. The van der Waals surface area contributed by atoms with E-state index in [-0.39, 0.29) is 23.2 Å². The van der Waals surface area contributed by atoms with Gasteiger partial charge in [0.2, 0.25) is 5.89 Å². The van der Waals surface area contributed by atoms with E-state index in [1.165, 1.54) is 12.1 Å². The molecule has 0 saturated carbocycles. The van der Waals surface area contributed by atoms with E-state index >= 15 is 0 Å². The first kappa shape index (κ1) is 20.3. The molecule has 0 unspecified atom stereocenters. The van der Waals surface area contributed by atoms with Crippen LogP contribution in [0.2, 0.25) is 0 Å². The first-order valence-electron chi connectivity index (χ1n) is 10.4. The molecular weight excluding hydrogens is 383 g/mol. The summed E-state index contributed by atoms with van der Waals surface area (Å²) >= 11 is 0. The number of aromatic nitrogens is 3. The predicted molar refractivity (Wildman–Crippen MR) is 111 cm³/mol. The molecule has 0 radical (unpaired) electrons. The van der Waals surface area contributed by atoms with Crippen LogP contribution in [0, 0.1) is 5.82 Å². The number of likely N-dealkylation sites (tertiary alicyclic amines) is 1. The maximum atomic E-state index is 13.2. The Labute approximate surface area is 175 Å². The summed E-state index contributed by atoms with van der Waals surface area (Å²) in [7, 11) is 0. The summed E-state index contributed by atoms with van der Waals surface area (Å²) in [6.45, 7) is 6.88. The highest BCUT2D eigenvalue weighted by atomic mass is 19.1. The van der Waals surface area contributed by atoms with Gasteiger partial charge in [-0.1, -0.05) is 32.9 Å². The van der Waals surface area contributed by atoms with E-state index in [1.807, 2.05) is 11.0 Å². The van der Waals surface area contributed by atoms with Crippen LogP contribution in [0.3, 0.4) is 0 Å². The number of carbonyl (C=O) groups excluding carboxylic acids is 1. The fourth-order valence-electron chi connectivity index (χ4n) is 3.76. The Morgan fingerprint density at radius 2 is 2.03 bits per heavy atom. The fourth-order valence-corrected chi connectivity index (χ4v) is 3.76. The molecule has 1 fully saturated rings. The Morgan fingerprint density at radius 3 is 2.73 bits per heavy atom. The van der Waals surface area contributed by atoms with Crippen molar-refractivity contribution in [3.63, 3.8) is 0 Å². The molecule has 1 aliphatic heterocycles. The number of piperidine rings is 1. The quantitative estimate of drug-likeness (QED) is 0.671. The van der Waals surface area contributed by atoms with E-state index in [1.54, 1.807) is 18.3 Å². The molecule has 1 atom stereocenters. The third-order valence-electron chi connectivity index (χ3n) is 5.52. The molecule has 3 aromatic rings. The number of H-pyrrole nitrogens is 1. The third kappa shape index (κ3) is 4.30. The highest BCUT2D eigenvalue weighted by molar-refractivity contribution is 5.92. The lowest BCUT2D eigenvalue weighted by Crippen LogP contribution is -2.38. The molecule has 1 amide bonds. The van der Waals surface area contributed by atoms with Gasteiger partial charge in [-0.3, -0.25) is 9.89 Å². The Balaban J connectivity index is 1.52. The van der Waals surface area contributed by atoms with Crippen molar-refractivity contribution in [1.29, 1.82) is 0 Å². The summed E-state index contributed by atoms with van der Waals surface area (Å²) in [6, 6.07) is 7.97. The maximum absolute atomic E-state index is 13.2. The van der Waals surface area contributed by atoms with Crippen molar-refractivity contribution in [3.05, 3.63) is 70.9 Å². The number of rotatable bonds is 4. The van der Waals surface area contributed by atoms with Gasteiger partial charge in [0.1, 0.15) is 23.3 Å². The van der Waals surface area contributed by atoms with Gasteiger partial charge in [0.25, 0.3) is 5.91 Å². The Bertz CT molecular complexity index is 1020. The molecule has 1 aliphatic rings. The second-order valence-electron chi connectivity index (χ2n) is 8.90. The predicted octanol–water partition coefficient (Wildman–Crippen LogP) is 4.79. The Hall–Kier alpha value is -2.96. The van der Waals surface area contributed by atoms with Crippen molar-refractivity contribution in [2.24, 2.45) is 0 Å². The van der Waals surface area contributed by atoms with Crippen molar-refractivity contribution >= 4 is 5.91 Å². The lowest BCUT2D eigenvalue weighted by atomic mass is 9.92. The maximum Gasteiger partial charge on any atom is 0.275 e. The van der Waals surface area contributed by atoms with Gasteiger partial charge in [0.15, 0.2) is 0 Å². The van der Waals surface area contributed by atoms with Gasteiger partial charge in [-0.05, 0) is 43.0 Å². The van der Waals surface area contributed by atoms with Gasteiger partial charge in [-0.15, -0.1) is 0 Å². The second-order valence-corrected chi connectivity index (χ2v) is 8.90. The van der Waals surface area contributed by atoms with Crippen molar-refractivity contribution < 1.29 is 13.6 Å². The first-order chi connectivity index (χ1) is 14.3. The van der Waals surface area contributed by atoms with Crippen LogP contribution >= 0.6 is 0 Å². The molecule has 2 aromatic heterocycles. The van der Waals surface area contributed by atoms with E-state index < -0.39 is 0 Å². The molecular formula is C23H27FN4O2. The molecule has 1 saturated heterocycles. The van der Waals surface area contributed by atoms with Crippen LogP contribution in [0.1, 0.15) is 79.5 Å². The van der Waals surface area contributed by atoms with Gasteiger partial charge in [0, 0.05) is 24.1 Å². The average Bonchev–Trinajstić information content (AvgIpc) is 3.39. The number of hydrogen-bond donors (Lipinski definition) is 1. The summed E-state index contributed by atoms with van der Waals surface area (Å²) < 4.78 is 19.1. The number of amides is 1. The van der Waals surface area contributed by atoms with Gasteiger partial charge < -0.3 is 9.32 Å². The third-order valence-corrected chi connectivity index (χ3v) is 5.52. The van der Waals surface area contributed by atoms with Crippen molar-refractivity contribution in [2.75, 3.05) is 6.54 Å². The summed E-state index contributed by atoms with van der Waals surface area (Å²) in [5.74, 6) is 0.877. The van der Waals surface area contributed by atoms with Gasteiger partial charge in [-0.25, -0.2) is 9.37 Å². The van der Waals surface area contributed by atoms with E-state index in [0.29, 0.717) is 30.3 Å². The molecule has 4 rings (SSSR count). The summed E-state index contributed by atoms with van der Waals surface area (Å²) in [4.78, 5) is 19.5. The summed E-state index contributed by atoms with van der Waals surface area (Å²) in [5.41, 5.74) is 2.19. The molecule has 1 N–H and O–H groups in total. The number of nitrogens with zero attached hydrogens (tertiary/aromatic N) is 3. The number of benzene rings is 1. The molecule has 6 nitrogen and oxygen atoms in total. The molecule has 1 aromatic carbocycles. The van der Waals surface area contributed by atoms with Crippen LogP contribution in [0.5, 0.6) is 0 Å². The van der Waals surface area contributed by atoms with E-state index in [0.717, 1.165) is 30.5 Å². The zero-order valence-corrected chi connectivity index (χ0v) is 17.6. The molecule has 0 bridgehead atoms. The number of oxazole rings is 1. The molecule has 158 valence electrons. The fraction of sp³-hybridized carbons (Fsp3) is 0.435. The van der Waals surface area contributed by atoms with E-state index in [2.05, 4.69) is 36.0 Å². The summed E-state index contributed by atoms with van der Waals surface area (Å²) in [5, 5.41) is 7.25. The van der Waals surface area contributed by atoms with E-state index in [4.69, 9.17) is 4.42 Å². The number of nitrogens with one attached hydrogen (secondary N) is 1. The lowest BCUT2D eigenvalue weighted by molar-refractivity contribution is 0.0564. The van der Waals surface area contributed by atoms with Crippen LogP contribution in [-0.2, 0) is 11.8 Å². The number of halogens is 1. The minimum atomic E-state index is -0.263. The van der Waals surface area contributed by atoms with Crippen molar-refractivity contribution in [1.82, 2.24) is 20.1 Å². The van der Waals surface area contributed by atoms with Crippen molar-refractivity contribution in [2.45, 2.75) is 57.9 Å². The number of aromatic amines is 1. The monoisotopic (exact) mass is 410 g/mol. The zero-order chi connectivity index (χ0) is 21.3. The minimum absolute atomic E-state index is 0.106. The summed E-state index contributed by atoms with van der Waals surface area (Å²) in [6.07, 6.45) is 4.99. The highest BCUT2D eigenvalue weighted by Gasteiger charge is 2.33. The molecule has 3 heterocycles. The molecule has 7 heteroatoms. The molecule has 0 aliphatic carbocycles. The number of hydrogen-bond acceptors (Lipinski definition) is 4. The van der Waals surface area contributed by atoms with Crippen LogP contribution in [-0.4, -0.2) is 32.5 Å². The van der Waals surface area contributed by atoms with Crippen molar-refractivity contribution in [3.8, 4) is 0 Å². The minimum Gasteiger partial charge on any atom is -0.443 e. The Kier molecular flexibility index (Phi) is 5.45. The van der Waals surface area contributed by atoms with Crippen LogP contribution < -0.4 is 0 Å². The van der Waals surface area contributed by atoms with Crippen LogP contribution in [0.4, 0.5) is 4.39 Å². The van der Waals surface area contributed by atoms with E-state index in [9.17, 15) is 9.18 Å². The largest absolute Gasteiger partial charge is 0.443 e. The van der Waals surface area contributed by atoms with Crippen LogP contribution in [0.15, 0.2) is 40.9 Å². The molecule has 0 spiro atoms. The standard InChI is InChI=1S/C23H27FN4O2/c1-23(2,3)20-13-18(26-27-20)22(29)28-11-5-4-6-19(28)21-25-14-17(30-21)12-15-7-9-16(24)10-8-15/h7-10,13-14,19H,4-6,11-12H2,1-3H3,(H,26,27)/t19-/m1/s1. The average molecular weight is 410 g/mol. The van der Waals surface area contributed by atoms with Gasteiger partial charge >= 0.3 is 0 Å².